The Morgan fingerprint density at radius 1 is 1.03 bits per heavy atom. The molecule has 32 heavy (non-hydrogen) atoms. The first kappa shape index (κ1) is 27.9. The fourth-order valence-corrected chi connectivity index (χ4v) is 2.98. The summed E-state index contributed by atoms with van der Waals surface area (Å²) in [4.78, 5) is 18.9. The van der Waals surface area contributed by atoms with Gasteiger partial charge in [-0.3, -0.25) is 4.99 Å². The van der Waals surface area contributed by atoms with Gasteiger partial charge in [0.05, 0.1) is 5.56 Å². The van der Waals surface area contributed by atoms with Crippen LogP contribution in [-0.4, -0.2) is 64.3 Å². The molecule has 2 rings (SSSR count). The predicted octanol–water partition coefficient (Wildman–Crippen LogP) is 3.29. The van der Waals surface area contributed by atoms with Crippen molar-refractivity contribution in [3.05, 3.63) is 71.3 Å². The molecule has 2 aromatic rings. The zero-order valence-corrected chi connectivity index (χ0v) is 21.5. The van der Waals surface area contributed by atoms with Crippen molar-refractivity contribution >= 4 is 35.9 Å². The molecule has 0 aliphatic heterocycles. The zero-order chi connectivity index (χ0) is 22.3. The Balaban J connectivity index is 0.00000512. The first-order valence-corrected chi connectivity index (χ1v) is 10.5. The molecule has 2 aromatic carbocycles. The van der Waals surface area contributed by atoms with Gasteiger partial charge >= 0.3 is 5.97 Å². The van der Waals surface area contributed by atoms with E-state index in [-0.39, 0.29) is 36.6 Å². The summed E-state index contributed by atoms with van der Waals surface area (Å²) in [5.74, 6) is 0.395. The highest BCUT2D eigenvalue weighted by Crippen LogP contribution is 2.09. The quantitative estimate of drug-likeness (QED) is 0.138. The van der Waals surface area contributed by atoms with Crippen molar-refractivity contribution in [2.45, 2.75) is 19.6 Å². The van der Waals surface area contributed by atoms with Crippen molar-refractivity contribution in [2.24, 2.45) is 4.99 Å². The number of nitrogens with zero attached hydrogens (tertiary/aromatic N) is 2. The van der Waals surface area contributed by atoms with Crippen molar-refractivity contribution in [3.8, 4) is 0 Å². The van der Waals surface area contributed by atoms with Crippen LogP contribution in [0.3, 0.4) is 0 Å². The fourth-order valence-electron chi connectivity index (χ4n) is 2.98. The molecule has 0 fully saturated rings. The van der Waals surface area contributed by atoms with Crippen LogP contribution in [0.5, 0.6) is 0 Å². The van der Waals surface area contributed by atoms with Crippen LogP contribution < -0.4 is 10.6 Å². The molecule has 0 heterocycles. The van der Waals surface area contributed by atoms with E-state index in [9.17, 15) is 4.79 Å². The van der Waals surface area contributed by atoms with Crippen molar-refractivity contribution in [1.29, 1.82) is 0 Å². The van der Waals surface area contributed by atoms with Gasteiger partial charge in [-0.05, 0) is 36.7 Å². The fraction of sp³-hybridized carbons (Fsp3) is 0.417. The van der Waals surface area contributed by atoms with E-state index in [4.69, 9.17) is 9.47 Å². The minimum atomic E-state index is -0.329. The maximum atomic E-state index is 12.4. The zero-order valence-electron chi connectivity index (χ0n) is 19.2. The molecule has 7 nitrogen and oxygen atoms in total. The number of esters is 1. The van der Waals surface area contributed by atoms with Crippen LogP contribution in [0.25, 0.3) is 0 Å². The third-order valence-electron chi connectivity index (χ3n) is 4.73. The monoisotopic (exact) mass is 554 g/mol. The third-order valence-corrected chi connectivity index (χ3v) is 4.73. The van der Waals surface area contributed by atoms with Crippen molar-refractivity contribution in [1.82, 2.24) is 15.5 Å². The molecule has 0 radical (unpaired) electrons. The topological polar surface area (TPSA) is 75.2 Å². The first-order chi connectivity index (χ1) is 15.1. The lowest BCUT2D eigenvalue weighted by Gasteiger charge is -2.18. The first-order valence-electron chi connectivity index (χ1n) is 10.5. The average molecular weight is 554 g/mol. The molecule has 0 amide bonds. The lowest BCUT2D eigenvalue weighted by molar-refractivity contribution is 0.0472. The number of guanidine groups is 1. The number of ether oxygens (including phenoxy) is 2. The minimum Gasteiger partial charge on any atom is -0.457 e. The van der Waals surface area contributed by atoms with Crippen LogP contribution >= 0.6 is 24.0 Å². The van der Waals surface area contributed by atoms with Crippen molar-refractivity contribution in [3.63, 3.8) is 0 Å². The van der Waals surface area contributed by atoms with Crippen LogP contribution in [0.15, 0.2) is 59.6 Å². The molecule has 0 spiro atoms. The Bertz CT molecular complexity index is 818. The number of aliphatic imine (C=N–C) groups is 1. The van der Waals surface area contributed by atoms with Crippen molar-refractivity contribution in [2.75, 3.05) is 47.4 Å². The molecule has 0 atom stereocenters. The summed E-state index contributed by atoms with van der Waals surface area (Å²) in [7, 11) is 5.56. The van der Waals surface area contributed by atoms with Crippen LogP contribution in [-0.2, 0) is 22.6 Å². The van der Waals surface area contributed by atoms with E-state index in [2.05, 4.69) is 27.6 Å². The summed E-state index contributed by atoms with van der Waals surface area (Å²) in [5, 5.41) is 6.60. The number of nitrogens with one attached hydrogen (secondary N) is 2. The Labute approximate surface area is 208 Å². The molecule has 176 valence electrons. The number of carbonyl (C=O) groups is 1. The van der Waals surface area contributed by atoms with E-state index in [1.54, 1.807) is 20.2 Å². The van der Waals surface area contributed by atoms with E-state index in [0.717, 1.165) is 49.7 Å². The summed E-state index contributed by atoms with van der Waals surface area (Å²) in [6.07, 6.45) is 1.02. The van der Waals surface area contributed by atoms with E-state index in [1.807, 2.05) is 48.5 Å². The molecule has 8 heteroatoms. The molecule has 0 aliphatic rings. The highest BCUT2D eigenvalue weighted by Gasteiger charge is 2.09. The van der Waals surface area contributed by atoms with E-state index >= 15 is 0 Å². The molecule has 0 saturated heterocycles. The molecule has 0 bridgehead atoms. The van der Waals surface area contributed by atoms with E-state index in [0.29, 0.717) is 12.1 Å². The highest BCUT2D eigenvalue weighted by atomic mass is 127. The maximum Gasteiger partial charge on any atom is 0.338 e. The largest absolute Gasteiger partial charge is 0.457 e. The number of halogens is 1. The van der Waals surface area contributed by atoms with Gasteiger partial charge in [0.15, 0.2) is 5.96 Å². The Hall–Kier alpha value is -2.17. The number of rotatable bonds is 12. The Morgan fingerprint density at radius 2 is 1.78 bits per heavy atom. The van der Waals surface area contributed by atoms with Crippen LogP contribution in [0.4, 0.5) is 0 Å². The molecule has 2 N–H and O–H groups in total. The van der Waals surface area contributed by atoms with Gasteiger partial charge < -0.3 is 25.0 Å². The molecule has 0 aliphatic carbocycles. The second-order valence-corrected chi connectivity index (χ2v) is 7.26. The summed E-state index contributed by atoms with van der Waals surface area (Å²) < 4.78 is 10.5. The molecular weight excluding hydrogens is 519 g/mol. The van der Waals surface area contributed by atoms with Crippen molar-refractivity contribution < 1.29 is 14.3 Å². The number of carbonyl (C=O) groups excluding carboxylic acids is 1. The number of methoxy groups -OCH3 is 1. The van der Waals surface area contributed by atoms with Gasteiger partial charge in [0.1, 0.15) is 6.61 Å². The van der Waals surface area contributed by atoms with Gasteiger partial charge in [-0.2, -0.15) is 0 Å². The van der Waals surface area contributed by atoms with Gasteiger partial charge in [0, 0.05) is 46.9 Å². The summed E-state index contributed by atoms with van der Waals surface area (Å²) >= 11 is 0. The van der Waals surface area contributed by atoms with Gasteiger partial charge in [-0.1, -0.05) is 42.5 Å². The van der Waals surface area contributed by atoms with E-state index < -0.39 is 0 Å². The SMILES string of the molecule is CN=C(NCCN(C)CCCOC)NCc1cccc(C(=O)OCc2ccccc2)c1.I. The van der Waals surface area contributed by atoms with Crippen LogP contribution in [0, 0.1) is 0 Å². The van der Waals surface area contributed by atoms with Crippen LogP contribution in [0.2, 0.25) is 0 Å². The maximum absolute atomic E-state index is 12.4. The normalized spacial score (nSPS) is 11.1. The van der Waals surface area contributed by atoms with Gasteiger partial charge in [0.25, 0.3) is 0 Å². The third kappa shape index (κ3) is 10.9. The predicted molar refractivity (Wildman–Crippen MR) is 140 cm³/mol. The summed E-state index contributed by atoms with van der Waals surface area (Å²) in [5.41, 5.74) is 2.48. The van der Waals surface area contributed by atoms with Crippen LogP contribution in [0.1, 0.15) is 27.9 Å². The van der Waals surface area contributed by atoms with Gasteiger partial charge in [0.2, 0.25) is 0 Å². The summed E-state index contributed by atoms with van der Waals surface area (Å²) in [6, 6.07) is 17.1. The smallest absolute Gasteiger partial charge is 0.338 e. The Morgan fingerprint density at radius 3 is 2.50 bits per heavy atom. The van der Waals surface area contributed by atoms with Gasteiger partial charge in [-0.15, -0.1) is 24.0 Å². The molecule has 0 saturated carbocycles. The average Bonchev–Trinajstić information content (AvgIpc) is 2.80. The highest BCUT2D eigenvalue weighted by molar-refractivity contribution is 14.0. The van der Waals surface area contributed by atoms with E-state index in [1.165, 1.54) is 0 Å². The lowest BCUT2D eigenvalue weighted by Crippen LogP contribution is -2.40. The second-order valence-electron chi connectivity index (χ2n) is 7.26. The van der Waals surface area contributed by atoms with Gasteiger partial charge in [-0.25, -0.2) is 4.79 Å². The standard InChI is InChI=1S/C24H34N4O3.HI/c1-25-24(26-13-15-28(2)14-8-16-30-3)27-18-21-11-7-12-22(17-21)23(29)31-19-20-9-5-4-6-10-20;/h4-7,9-12,17H,8,13-16,18-19H2,1-3H3,(H2,25,26,27);1H. The molecule has 0 unspecified atom stereocenters. The molecular formula is C24H35IN4O3. The summed E-state index contributed by atoms with van der Waals surface area (Å²) in [6.45, 7) is 4.29. The number of hydrogen-bond donors (Lipinski definition) is 2. The second kappa shape index (κ2) is 16.5. The number of benzene rings is 2. The lowest BCUT2D eigenvalue weighted by atomic mass is 10.1. The number of likely N-dealkylation sites (N-methyl/N-ethyl adjacent to an activating group) is 1. The minimum absolute atomic E-state index is 0. The Kier molecular flexibility index (Phi) is 14.3. The number of hydrogen-bond acceptors (Lipinski definition) is 5. The molecule has 0 aromatic heterocycles.